The van der Waals surface area contributed by atoms with Crippen LogP contribution in [0.3, 0.4) is 0 Å². The Morgan fingerprint density at radius 2 is 1.94 bits per heavy atom. The minimum absolute atomic E-state index is 0.227. The van der Waals surface area contributed by atoms with Crippen molar-refractivity contribution in [2.24, 2.45) is 0 Å². The summed E-state index contributed by atoms with van der Waals surface area (Å²) in [5.74, 6) is -0.239. The Labute approximate surface area is 106 Å². The Bertz CT molecular complexity index is 519. The van der Waals surface area contributed by atoms with Gasteiger partial charge in [-0.2, -0.15) is 5.26 Å². The predicted octanol–water partition coefficient (Wildman–Crippen LogP) is -0.669. The van der Waals surface area contributed by atoms with Crippen molar-refractivity contribution in [2.45, 2.75) is 11.9 Å². The van der Waals surface area contributed by atoms with Crippen LogP contribution in [0, 0.1) is 11.3 Å². The van der Waals surface area contributed by atoms with Gasteiger partial charge in [0.2, 0.25) is 10.0 Å². The first-order valence-electron chi connectivity index (χ1n) is 5.22. The van der Waals surface area contributed by atoms with Gasteiger partial charge < -0.3 is 10.2 Å². The molecule has 0 saturated carbocycles. The molecular formula is C11H14N2O4S. The second-order valence-electron chi connectivity index (χ2n) is 3.75. The molecule has 7 heteroatoms. The Balaban J connectivity index is 2.62. The average molecular weight is 270 g/mol. The summed E-state index contributed by atoms with van der Waals surface area (Å²) >= 11 is 0. The van der Waals surface area contributed by atoms with Gasteiger partial charge in [0, 0.05) is 6.54 Å². The summed E-state index contributed by atoms with van der Waals surface area (Å²) in [4.78, 5) is 0. The molecule has 1 aromatic rings. The molecule has 0 spiro atoms. The quantitative estimate of drug-likeness (QED) is 0.635. The van der Waals surface area contributed by atoms with Crippen molar-refractivity contribution in [1.82, 2.24) is 4.72 Å². The topological polar surface area (TPSA) is 110 Å². The van der Waals surface area contributed by atoms with Gasteiger partial charge in [-0.3, -0.25) is 0 Å². The zero-order valence-corrected chi connectivity index (χ0v) is 10.4. The van der Waals surface area contributed by atoms with E-state index in [-0.39, 0.29) is 12.3 Å². The minimum Gasteiger partial charge on any atom is -0.394 e. The molecule has 1 rings (SSSR count). The summed E-state index contributed by atoms with van der Waals surface area (Å²) in [6, 6.07) is 8.12. The van der Waals surface area contributed by atoms with Crippen molar-refractivity contribution in [2.75, 3.05) is 13.2 Å². The molecule has 6 nitrogen and oxygen atoms in total. The van der Waals surface area contributed by atoms with E-state index >= 15 is 0 Å². The number of nitrogens with one attached hydrogen (secondary N) is 1. The molecule has 0 aliphatic carbocycles. The van der Waals surface area contributed by atoms with Crippen molar-refractivity contribution in [3.05, 3.63) is 35.4 Å². The SMILES string of the molecule is N#Cc1ccc(CS(=O)(=O)NCC(O)CO)cc1. The van der Waals surface area contributed by atoms with Gasteiger partial charge in [-0.15, -0.1) is 0 Å². The van der Waals surface area contributed by atoms with Gasteiger partial charge in [0.1, 0.15) is 0 Å². The molecule has 0 fully saturated rings. The second-order valence-corrected chi connectivity index (χ2v) is 5.56. The van der Waals surface area contributed by atoms with Crippen LogP contribution >= 0.6 is 0 Å². The largest absolute Gasteiger partial charge is 0.394 e. The van der Waals surface area contributed by atoms with E-state index in [9.17, 15) is 8.42 Å². The molecule has 1 unspecified atom stereocenters. The van der Waals surface area contributed by atoms with Gasteiger partial charge in [0.25, 0.3) is 0 Å². The lowest BCUT2D eigenvalue weighted by Gasteiger charge is -2.09. The molecule has 0 aliphatic rings. The molecule has 1 aromatic carbocycles. The van der Waals surface area contributed by atoms with Gasteiger partial charge >= 0.3 is 0 Å². The number of nitriles is 1. The van der Waals surface area contributed by atoms with Gasteiger partial charge in [0.05, 0.1) is 30.1 Å². The lowest BCUT2D eigenvalue weighted by Crippen LogP contribution is -2.34. The van der Waals surface area contributed by atoms with E-state index in [2.05, 4.69) is 4.72 Å². The van der Waals surface area contributed by atoms with E-state index in [1.165, 1.54) is 12.1 Å². The summed E-state index contributed by atoms with van der Waals surface area (Å²) in [5, 5.41) is 26.2. The molecular weight excluding hydrogens is 256 g/mol. The van der Waals surface area contributed by atoms with Crippen LogP contribution in [0.5, 0.6) is 0 Å². The van der Waals surface area contributed by atoms with Gasteiger partial charge in [-0.1, -0.05) is 12.1 Å². The maximum atomic E-state index is 11.6. The zero-order valence-electron chi connectivity index (χ0n) is 9.57. The number of rotatable bonds is 6. The summed E-state index contributed by atoms with van der Waals surface area (Å²) in [5.41, 5.74) is 1.000. The number of hydrogen-bond acceptors (Lipinski definition) is 5. The van der Waals surface area contributed by atoms with Crippen molar-refractivity contribution in [3.8, 4) is 6.07 Å². The van der Waals surface area contributed by atoms with Crippen LogP contribution in [0.2, 0.25) is 0 Å². The molecule has 98 valence electrons. The van der Waals surface area contributed by atoms with Crippen molar-refractivity contribution in [3.63, 3.8) is 0 Å². The fraction of sp³-hybridized carbons (Fsp3) is 0.364. The number of sulfonamides is 1. The molecule has 0 aliphatic heterocycles. The highest BCUT2D eigenvalue weighted by atomic mass is 32.2. The van der Waals surface area contributed by atoms with Gasteiger partial charge in [-0.05, 0) is 17.7 Å². The summed E-state index contributed by atoms with van der Waals surface area (Å²) in [7, 11) is -3.56. The normalized spacial score (nSPS) is 12.9. The monoisotopic (exact) mass is 270 g/mol. The molecule has 0 aromatic heterocycles. The predicted molar refractivity (Wildman–Crippen MR) is 64.9 cm³/mol. The lowest BCUT2D eigenvalue weighted by atomic mass is 10.2. The highest BCUT2D eigenvalue weighted by molar-refractivity contribution is 7.88. The van der Waals surface area contributed by atoms with E-state index in [0.717, 1.165) is 0 Å². The first-order chi connectivity index (χ1) is 8.46. The molecule has 0 radical (unpaired) electrons. The van der Waals surface area contributed by atoms with Crippen LogP contribution < -0.4 is 4.72 Å². The fourth-order valence-corrected chi connectivity index (χ4v) is 2.41. The highest BCUT2D eigenvalue weighted by Gasteiger charge is 2.13. The fourth-order valence-electron chi connectivity index (χ4n) is 1.23. The summed E-state index contributed by atoms with van der Waals surface area (Å²) in [6.07, 6.45) is -1.11. The third kappa shape index (κ3) is 4.81. The van der Waals surface area contributed by atoms with Crippen molar-refractivity contribution < 1.29 is 18.6 Å². The van der Waals surface area contributed by atoms with Crippen LogP contribution in [0.4, 0.5) is 0 Å². The van der Waals surface area contributed by atoms with Crippen molar-refractivity contribution >= 4 is 10.0 Å². The third-order valence-corrected chi connectivity index (χ3v) is 3.51. The van der Waals surface area contributed by atoms with E-state index in [4.69, 9.17) is 15.5 Å². The van der Waals surface area contributed by atoms with Crippen LogP contribution in [0.1, 0.15) is 11.1 Å². The smallest absolute Gasteiger partial charge is 0.215 e. The number of aliphatic hydroxyl groups excluding tert-OH is 2. The standard InChI is InChI=1S/C11H14N2O4S/c12-5-9-1-3-10(4-2-9)8-18(16,17)13-6-11(15)7-14/h1-4,11,13-15H,6-8H2. The molecule has 0 bridgehead atoms. The Kier molecular flexibility index (Phi) is 5.25. The van der Waals surface area contributed by atoms with Crippen molar-refractivity contribution in [1.29, 1.82) is 5.26 Å². The first kappa shape index (κ1) is 14.6. The summed E-state index contributed by atoms with van der Waals surface area (Å²) in [6.45, 7) is -0.728. The van der Waals surface area contributed by atoms with E-state index < -0.39 is 22.7 Å². The second kappa shape index (κ2) is 6.47. The molecule has 0 heterocycles. The zero-order chi connectivity index (χ0) is 13.6. The molecule has 0 amide bonds. The molecule has 1 atom stereocenters. The molecule has 18 heavy (non-hydrogen) atoms. The number of nitrogens with zero attached hydrogens (tertiary/aromatic N) is 1. The van der Waals surface area contributed by atoms with Gasteiger partial charge in [0.15, 0.2) is 0 Å². The molecule has 0 saturated heterocycles. The summed E-state index contributed by atoms with van der Waals surface area (Å²) < 4.78 is 25.4. The first-order valence-corrected chi connectivity index (χ1v) is 6.87. The lowest BCUT2D eigenvalue weighted by molar-refractivity contribution is 0.0988. The average Bonchev–Trinajstić information content (AvgIpc) is 2.36. The maximum absolute atomic E-state index is 11.6. The molecule has 3 N–H and O–H groups in total. The number of hydrogen-bond donors (Lipinski definition) is 3. The van der Waals surface area contributed by atoms with Crippen LogP contribution in [0.25, 0.3) is 0 Å². The van der Waals surface area contributed by atoms with Crippen LogP contribution in [-0.2, 0) is 15.8 Å². The van der Waals surface area contributed by atoms with Crippen LogP contribution in [-0.4, -0.2) is 37.9 Å². The van der Waals surface area contributed by atoms with Crippen LogP contribution in [0.15, 0.2) is 24.3 Å². The number of aliphatic hydroxyl groups is 2. The van der Waals surface area contributed by atoms with E-state index in [1.54, 1.807) is 12.1 Å². The Hall–Kier alpha value is -1.46. The van der Waals surface area contributed by atoms with E-state index in [1.807, 2.05) is 6.07 Å². The highest BCUT2D eigenvalue weighted by Crippen LogP contribution is 2.07. The minimum atomic E-state index is -3.56. The maximum Gasteiger partial charge on any atom is 0.215 e. The third-order valence-electron chi connectivity index (χ3n) is 2.19. The van der Waals surface area contributed by atoms with E-state index in [0.29, 0.717) is 11.1 Å². The van der Waals surface area contributed by atoms with Gasteiger partial charge in [-0.25, -0.2) is 13.1 Å². The Morgan fingerprint density at radius 1 is 1.33 bits per heavy atom. The number of benzene rings is 1. The Morgan fingerprint density at radius 3 is 2.44 bits per heavy atom.